The van der Waals surface area contributed by atoms with Crippen LogP contribution in [0.25, 0.3) is 11.6 Å². The Balaban J connectivity index is 1.82. The highest BCUT2D eigenvalue weighted by Gasteiger charge is 2.17. The van der Waals surface area contributed by atoms with Gasteiger partial charge in [0.1, 0.15) is 0 Å². The van der Waals surface area contributed by atoms with Gasteiger partial charge in [0.2, 0.25) is 0 Å². The monoisotopic (exact) mass is 347 g/mol. The predicted molar refractivity (Wildman–Crippen MR) is 93.6 cm³/mol. The maximum absolute atomic E-state index is 5.93. The fourth-order valence-electron chi connectivity index (χ4n) is 2.24. The Labute approximate surface area is 144 Å². The highest BCUT2D eigenvalue weighted by atomic mass is 35.5. The first kappa shape index (κ1) is 16.1. The largest absolute Gasteiger partial charge is 0.461 e. The fraction of sp³-hybridized carbons (Fsp3) is 0.294. The Morgan fingerprint density at radius 1 is 1.17 bits per heavy atom. The lowest BCUT2D eigenvalue weighted by Gasteiger charge is -2.11. The van der Waals surface area contributed by atoms with Crippen LogP contribution in [-0.2, 0) is 12.3 Å². The maximum atomic E-state index is 5.93. The van der Waals surface area contributed by atoms with Crippen LogP contribution >= 0.6 is 23.4 Å². The van der Waals surface area contributed by atoms with Crippen LogP contribution in [0.3, 0.4) is 0 Å². The summed E-state index contributed by atoms with van der Waals surface area (Å²) in [5.41, 5.74) is 1.21. The summed E-state index contributed by atoms with van der Waals surface area (Å²) >= 11 is 7.60. The first-order valence-corrected chi connectivity index (χ1v) is 8.84. The predicted octanol–water partition coefficient (Wildman–Crippen LogP) is 5.14. The molecule has 3 aromatic rings. The average molecular weight is 348 g/mol. The number of aromatic nitrogens is 3. The summed E-state index contributed by atoms with van der Waals surface area (Å²) in [6.45, 7) is 5.21. The van der Waals surface area contributed by atoms with Gasteiger partial charge in [-0.25, -0.2) is 0 Å². The number of hydrogen-bond donors (Lipinski definition) is 0. The number of furan rings is 1. The van der Waals surface area contributed by atoms with Gasteiger partial charge in [0.25, 0.3) is 0 Å². The van der Waals surface area contributed by atoms with E-state index in [1.165, 1.54) is 5.56 Å². The number of benzene rings is 1. The molecule has 0 saturated carbocycles. The van der Waals surface area contributed by atoms with E-state index in [1.807, 2.05) is 36.4 Å². The number of nitrogens with zero attached hydrogens (tertiary/aromatic N) is 3. The molecular weight excluding hydrogens is 330 g/mol. The van der Waals surface area contributed by atoms with E-state index >= 15 is 0 Å². The summed E-state index contributed by atoms with van der Waals surface area (Å²) < 4.78 is 7.61. The number of thioether (sulfide) groups is 1. The molecule has 120 valence electrons. The number of hydrogen-bond acceptors (Lipinski definition) is 4. The van der Waals surface area contributed by atoms with E-state index in [-0.39, 0.29) is 0 Å². The molecule has 0 aliphatic rings. The zero-order valence-electron chi connectivity index (χ0n) is 13.1. The van der Waals surface area contributed by atoms with Gasteiger partial charge in [-0.3, -0.25) is 4.57 Å². The molecule has 0 radical (unpaired) electrons. The number of halogens is 1. The van der Waals surface area contributed by atoms with Crippen molar-refractivity contribution in [2.24, 2.45) is 5.92 Å². The molecule has 1 aromatic carbocycles. The third-order valence-corrected chi connectivity index (χ3v) is 4.58. The summed E-state index contributed by atoms with van der Waals surface area (Å²) in [6, 6.07) is 11.7. The van der Waals surface area contributed by atoms with Gasteiger partial charge < -0.3 is 4.42 Å². The molecule has 0 N–H and O–H groups in total. The summed E-state index contributed by atoms with van der Waals surface area (Å²) in [5, 5.41) is 10.3. The molecule has 3 rings (SSSR count). The standard InChI is InChI=1S/C17H18ClN3OS/c1-12(2)10-21-16(15-4-3-9-22-15)19-20-17(21)23-11-13-5-7-14(18)8-6-13/h3-9,12H,10-11H2,1-2H3. The molecule has 0 bridgehead atoms. The smallest absolute Gasteiger partial charge is 0.200 e. The molecule has 0 fully saturated rings. The molecule has 0 amide bonds. The van der Waals surface area contributed by atoms with E-state index in [9.17, 15) is 0 Å². The van der Waals surface area contributed by atoms with Crippen molar-refractivity contribution in [1.82, 2.24) is 14.8 Å². The second kappa shape index (κ2) is 7.23. The van der Waals surface area contributed by atoms with Crippen LogP contribution in [0, 0.1) is 5.92 Å². The lowest BCUT2D eigenvalue weighted by molar-refractivity contribution is 0.489. The van der Waals surface area contributed by atoms with Gasteiger partial charge in [-0.15, -0.1) is 10.2 Å². The molecule has 6 heteroatoms. The molecule has 2 heterocycles. The highest BCUT2D eigenvalue weighted by Crippen LogP contribution is 2.27. The van der Waals surface area contributed by atoms with Crippen molar-refractivity contribution in [3.63, 3.8) is 0 Å². The van der Waals surface area contributed by atoms with E-state index < -0.39 is 0 Å². The SMILES string of the molecule is CC(C)Cn1c(SCc2ccc(Cl)cc2)nnc1-c1ccco1. The van der Waals surface area contributed by atoms with Crippen LogP contribution in [0.4, 0.5) is 0 Å². The van der Waals surface area contributed by atoms with Crippen LogP contribution in [0.5, 0.6) is 0 Å². The van der Waals surface area contributed by atoms with Crippen LogP contribution < -0.4 is 0 Å². The first-order valence-electron chi connectivity index (χ1n) is 7.48. The van der Waals surface area contributed by atoms with Crippen molar-refractivity contribution in [1.29, 1.82) is 0 Å². The molecular formula is C17H18ClN3OS. The molecule has 2 aromatic heterocycles. The Hall–Kier alpha value is -1.72. The summed E-state index contributed by atoms with van der Waals surface area (Å²) in [7, 11) is 0. The Morgan fingerprint density at radius 2 is 1.96 bits per heavy atom. The third-order valence-electron chi connectivity index (χ3n) is 3.29. The van der Waals surface area contributed by atoms with Crippen LogP contribution in [0.2, 0.25) is 5.02 Å². The van der Waals surface area contributed by atoms with Crippen LogP contribution in [0.15, 0.2) is 52.2 Å². The van der Waals surface area contributed by atoms with Crippen molar-refractivity contribution < 1.29 is 4.42 Å². The van der Waals surface area contributed by atoms with E-state index in [1.54, 1.807) is 18.0 Å². The maximum Gasteiger partial charge on any atom is 0.200 e. The minimum absolute atomic E-state index is 0.495. The van der Waals surface area contributed by atoms with Crippen molar-refractivity contribution in [3.8, 4) is 11.6 Å². The Morgan fingerprint density at radius 3 is 2.61 bits per heavy atom. The first-order chi connectivity index (χ1) is 11.1. The summed E-state index contributed by atoms with van der Waals surface area (Å²) in [5.74, 6) is 2.85. The minimum atomic E-state index is 0.495. The molecule has 0 aliphatic heterocycles. The average Bonchev–Trinajstić information content (AvgIpc) is 3.16. The van der Waals surface area contributed by atoms with E-state index in [2.05, 4.69) is 28.6 Å². The lowest BCUT2D eigenvalue weighted by Crippen LogP contribution is -2.07. The molecule has 0 spiro atoms. The topological polar surface area (TPSA) is 43.9 Å². The molecule has 23 heavy (non-hydrogen) atoms. The van der Waals surface area contributed by atoms with E-state index in [0.29, 0.717) is 5.92 Å². The van der Waals surface area contributed by atoms with E-state index in [4.69, 9.17) is 16.0 Å². The van der Waals surface area contributed by atoms with Gasteiger partial charge >= 0.3 is 0 Å². The van der Waals surface area contributed by atoms with Crippen LogP contribution in [0.1, 0.15) is 19.4 Å². The van der Waals surface area contributed by atoms with Crippen molar-refractivity contribution >= 4 is 23.4 Å². The van der Waals surface area contributed by atoms with Crippen molar-refractivity contribution in [3.05, 3.63) is 53.2 Å². The fourth-order valence-corrected chi connectivity index (χ4v) is 3.27. The van der Waals surface area contributed by atoms with Crippen LogP contribution in [-0.4, -0.2) is 14.8 Å². The van der Waals surface area contributed by atoms with Gasteiger partial charge in [0, 0.05) is 17.3 Å². The molecule has 0 saturated heterocycles. The van der Waals surface area contributed by atoms with Crippen molar-refractivity contribution in [2.75, 3.05) is 0 Å². The van der Waals surface area contributed by atoms with Gasteiger partial charge in [0.15, 0.2) is 16.7 Å². The van der Waals surface area contributed by atoms with Gasteiger partial charge in [-0.2, -0.15) is 0 Å². The zero-order valence-corrected chi connectivity index (χ0v) is 14.6. The zero-order chi connectivity index (χ0) is 16.2. The second-order valence-electron chi connectivity index (χ2n) is 5.70. The summed E-state index contributed by atoms with van der Waals surface area (Å²) in [6.07, 6.45) is 1.66. The van der Waals surface area contributed by atoms with E-state index in [0.717, 1.165) is 34.1 Å². The minimum Gasteiger partial charge on any atom is -0.461 e. The molecule has 4 nitrogen and oxygen atoms in total. The molecule has 0 atom stereocenters. The lowest BCUT2D eigenvalue weighted by atomic mass is 10.2. The normalized spacial score (nSPS) is 11.3. The third kappa shape index (κ3) is 3.98. The van der Waals surface area contributed by atoms with Gasteiger partial charge in [0.05, 0.1) is 6.26 Å². The Bertz CT molecular complexity index is 751. The van der Waals surface area contributed by atoms with Crippen molar-refractivity contribution in [2.45, 2.75) is 31.3 Å². The molecule has 0 unspecified atom stereocenters. The van der Waals surface area contributed by atoms with Gasteiger partial charge in [-0.05, 0) is 35.7 Å². The highest BCUT2D eigenvalue weighted by molar-refractivity contribution is 7.98. The second-order valence-corrected chi connectivity index (χ2v) is 7.08. The molecule has 0 aliphatic carbocycles. The number of rotatable bonds is 6. The summed E-state index contributed by atoms with van der Waals surface area (Å²) in [4.78, 5) is 0. The Kier molecular flexibility index (Phi) is 5.08. The quantitative estimate of drug-likeness (QED) is 0.579. The van der Waals surface area contributed by atoms with Gasteiger partial charge in [-0.1, -0.05) is 49.3 Å².